The first-order chi connectivity index (χ1) is 10.6. The summed E-state index contributed by atoms with van der Waals surface area (Å²) in [5.74, 6) is -0.554. The van der Waals surface area contributed by atoms with Crippen LogP contribution >= 0.6 is 0 Å². The van der Waals surface area contributed by atoms with Crippen LogP contribution in [0.4, 0.5) is 0 Å². The summed E-state index contributed by atoms with van der Waals surface area (Å²) in [6.45, 7) is 3.75. The Labute approximate surface area is 129 Å². The summed E-state index contributed by atoms with van der Waals surface area (Å²) < 4.78 is 5.24. The smallest absolute Gasteiger partial charge is 0.245 e. The normalized spacial score (nSPS) is 37.9. The van der Waals surface area contributed by atoms with Gasteiger partial charge in [0.2, 0.25) is 17.7 Å². The van der Waals surface area contributed by atoms with Crippen molar-refractivity contribution in [1.29, 1.82) is 0 Å². The van der Waals surface area contributed by atoms with Crippen LogP contribution in [0.25, 0.3) is 0 Å². The lowest BCUT2D eigenvalue weighted by Gasteiger charge is -2.32. The quantitative estimate of drug-likeness (QED) is 0.534. The number of carbonyl (C=O) groups excluding carboxylic acids is 3. The molecule has 0 aromatic heterocycles. The van der Waals surface area contributed by atoms with E-state index in [1.165, 1.54) is 4.90 Å². The SMILES string of the molecule is C[C@@H](C(=O)N1CCOCC1)N1C(=O)[C@@H]2[C@H](C1=O)[C@H]1C=C[C@H]2C1. The molecule has 3 amide bonds. The van der Waals surface area contributed by atoms with Crippen molar-refractivity contribution in [2.45, 2.75) is 19.4 Å². The van der Waals surface area contributed by atoms with E-state index in [0.717, 1.165) is 6.42 Å². The number of morpholine rings is 1. The molecule has 0 radical (unpaired) electrons. The van der Waals surface area contributed by atoms with Gasteiger partial charge in [-0.1, -0.05) is 12.2 Å². The highest BCUT2D eigenvalue weighted by Gasteiger charge is 2.60. The first kappa shape index (κ1) is 13.9. The van der Waals surface area contributed by atoms with Crippen molar-refractivity contribution in [2.24, 2.45) is 23.7 Å². The molecule has 4 rings (SSSR count). The standard InChI is InChI=1S/C16H20N2O4/c1-9(14(19)17-4-6-22-7-5-17)18-15(20)12-10-2-3-11(8-10)13(12)16(18)21/h2-3,9-13H,4-8H2,1H3/t9-,10-,11-,12-,13+/m0/s1. The molecule has 6 nitrogen and oxygen atoms in total. The van der Waals surface area contributed by atoms with Crippen LogP contribution in [0.5, 0.6) is 0 Å². The van der Waals surface area contributed by atoms with E-state index in [4.69, 9.17) is 4.74 Å². The lowest BCUT2D eigenvalue weighted by Crippen LogP contribution is -2.52. The number of allylic oxidation sites excluding steroid dienone is 2. The third-order valence-electron chi connectivity index (χ3n) is 5.57. The summed E-state index contributed by atoms with van der Waals surface area (Å²) in [5, 5.41) is 0. The number of imide groups is 1. The number of hydrogen-bond donors (Lipinski definition) is 0. The molecule has 2 aliphatic carbocycles. The van der Waals surface area contributed by atoms with E-state index < -0.39 is 6.04 Å². The number of nitrogens with zero attached hydrogens (tertiary/aromatic N) is 2. The van der Waals surface area contributed by atoms with Crippen molar-refractivity contribution in [1.82, 2.24) is 9.80 Å². The molecule has 2 bridgehead atoms. The minimum atomic E-state index is -0.705. The van der Waals surface area contributed by atoms with Gasteiger partial charge in [0.05, 0.1) is 25.0 Å². The summed E-state index contributed by atoms with van der Waals surface area (Å²) in [6, 6.07) is -0.705. The van der Waals surface area contributed by atoms with Crippen LogP contribution in [-0.2, 0) is 19.1 Å². The fourth-order valence-electron chi connectivity index (χ4n) is 4.47. The van der Waals surface area contributed by atoms with Gasteiger partial charge in [0, 0.05) is 13.1 Å². The molecule has 2 saturated heterocycles. The Bertz CT molecular complexity index is 536. The second-order valence-corrected chi connectivity index (χ2v) is 6.66. The van der Waals surface area contributed by atoms with Crippen molar-refractivity contribution in [3.63, 3.8) is 0 Å². The minimum Gasteiger partial charge on any atom is -0.378 e. The molecule has 0 spiro atoms. The first-order valence-electron chi connectivity index (χ1n) is 8.01. The average molecular weight is 304 g/mol. The predicted molar refractivity (Wildman–Crippen MR) is 76.4 cm³/mol. The van der Waals surface area contributed by atoms with Gasteiger partial charge in [-0.25, -0.2) is 0 Å². The van der Waals surface area contributed by atoms with Crippen molar-refractivity contribution in [3.05, 3.63) is 12.2 Å². The summed E-state index contributed by atoms with van der Waals surface area (Å²) in [6.07, 6.45) is 5.04. The van der Waals surface area contributed by atoms with E-state index in [1.54, 1.807) is 11.8 Å². The maximum Gasteiger partial charge on any atom is 0.245 e. The number of fused-ring (bicyclic) bond motifs is 5. The molecule has 2 aliphatic heterocycles. The molecule has 2 heterocycles. The Hall–Kier alpha value is -1.69. The molecule has 4 aliphatic rings. The van der Waals surface area contributed by atoms with E-state index in [1.807, 2.05) is 0 Å². The van der Waals surface area contributed by atoms with Gasteiger partial charge < -0.3 is 9.64 Å². The second-order valence-electron chi connectivity index (χ2n) is 6.66. The number of carbonyl (C=O) groups is 3. The molecule has 1 saturated carbocycles. The fourth-order valence-corrected chi connectivity index (χ4v) is 4.47. The summed E-state index contributed by atoms with van der Waals surface area (Å²) in [4.78, 5) is 40.9. The van der Waals surface area contributed by atoms with E-state index in [9.17, 15) is 14.4 Å². The van der Waals surface area contributed by atoms with Crippen LogP contribution in [0.1, 0.15) is 13.3 Å². The number of hydrogen-bond acceptors (Lipinski definition) is 4. The van der Waals surface area contributed by atoms with E-state index in [2.05, 4.69) is 12.2 Å². The van der Waals surface area contributed by atoms with Gasteiger partial charge in [0.15, 0.2) is 0 Å². The third kappa shape index (κ3) is 1.79. The highest BCUT2D eigenvalue weighted by Crippen LogP contribution is 2.52. The molecule has 3 fully saturated rings. The lowest BCUT2D eigenvalue weighted by molar-refractivity contribution is -0.153. The Morgan fingerprint density at radius 2 is 1.68 bits per heavy atom. The Kier molecular flexibility index (Phi) is 3.11. The maximum absolute atomic E-state index is 12.7. The molecule has 0 N–H and O–H groups in total. The molecule has 0 unspecified atom stereocenters. The number of amides is 3. The van der Waals surface area contributed by atoms with E-state index in [0.29, 0.717) is 26.3 Å². The van der Waals surface area contributed by atoms with Crippen LogP contribution in [0, 0.1) is 23.7 Å². The number of likely N-dealkylation sites (tertiary alicyclic amines) is 1. The number of ether oxygens (including phenoxy) is 1. The lowest BCUT2D eigenvalue weighted by atomic mass is 9.85. The largest absolute Gasteiger partial charge is 0.378 e. The molecule has 0 aromatic carbocycles. The molecule has 22 heavy (non-hydrogen) atoms. The van der Waals surface area contributed by atoms with Crippen LogP contribution in [0.2, 0.25) is 0 Å². The fraction of sp³-hybridized carbons (Fsp3) is 0.688. The Morgan fingerprint density at radius 1 is 1.14 bits per heavy atom. The second kappa shape index (κ2) is 4.91. The first-order valence-corrected chi connectivity index (χ1v) is 8.01. The molecular formula is C16H20N2O4. The highest BCUT2D eigenvalue weighted by atomic mass is 16.5. The minimum absolute atomic E-state index is 0.148. The van der Waals surface area contributed by atoms with Gasteiger partial charge in [-0.3, -0.25) is 19.3 Å². The number of rotatable bonds is 2. The molecule has 6 heteroatoms. The van der Waals surface area contributed by atoms with E-state index >= 15 is 0 Å². The van der Waals surface area contributed by atoms with Gasteiger partial charge in [-0.2, -0.15) is 0 Å². The topological polar surface area (TPSA) is 66.9 Å². The Balaban J connectivity index is 1.54. The van der Waals surface area contributed by atoms with Crippen molar-refractivity contribution in [3.8, 4) is 0 Å². The molecular weight excluding hydrogens is 284 g/mol. The van der Waals surface area contributed by atoms with Gasteiger partial charge in [-0.05, 0) is 25.2 Å². The van der Waals surface area contributed by atoms with Crippen LogP contribution < -0.4 is 0 Å². The molecule has 5 atom stereocenters. The maximum atomic E-state index is 12.7. The van der Waals surface area contributed by atoms with Crippen LogP contribution in [-0.4, -0.2) is 59.9 Å². The zero-order valence-electron chi connectivity index (χ0n) is 12.6. The third-order valence-corrected chi connectivity index (χ3v) is 5.57. The van der Waals surface area contributed by atoms with Gasteiger partial charge in [-0.15, -0.1) is 0 Å². The molecule has 0 aromatic rings. The monoisotopic (exact) mass is 304 g/mol. The average Bonchev–Trinajstić information content (AvgIpc) is 3.21. The zero-order valence-corrected chi connectivity index (χ0v) is 12.6. The van der Waals surface area contributed by atoms with Crippen molar-refractivity contribution >= 4 is 17.7 Å². The van der Waals surface area contributed by atoms with Crippen LogP contribution in [0.15, 0.2) is 12.2 Å². The Morgan fingerprint density at radius 3 is 2.23 bits per heavy atom. The zero-order chi connectivity index (χ0) is 15.4. The van der Waals surface area contributed by atoms with Gasteiger partial charge in [0.25, 0.3) is 0 Å². The summed E-state index contributed by atoms with van der Waals surface area (Å²) in [5.41, 5.74) is 0. The van der Waals surface area contributed by atoms with E-state index in [-0.39, 0.29) is 41.4 Å². The summed E-state index contributed by atoms with van der Waals surface area (Å²) >= 11 is 0. The van der Waals surface area contributed by atoms with Crippen LogP contribution in [0.3, 0.4) is 0 Å². The predicted octanol–water partition coefficient (Wildman–Crippen LogP) is 0.0408. The molecule has 118 valence electrons. The van der Waals surface area contributed by atoms with Crippen molar-refractivity contribution in [2.75, 3.05) is 26.3 Å². The highest BCUT2D eigenvalue weighted by molar-refractivity contribution is 6.09. The van der Waals surface area contributed by atoms with Gasteiger partial charge >= 0.3 is 0 Å². The van der Waals surface area contributed by atoms with Gasteiger partial charge in [0.1, 0.15) is 6.04 Å². The van der Waals surface area contributed by atoms with Crippen molar-refractivity contribution < 1.29 is 19.1 Å². The summed E-state index contributed by atoms with van der Waals surface area (Å²) in [7, 11) is 0.